The molecule has 2 unspecified atom stereocenters. The number of carbonyl (C=O) groups excluding carboxylic acids is 4. The number of carbonyl (C=O) groups is 4. The number of rotatable bonds is 40. The molecule has 0 spiro atoms. The van der Waals surface area contributed by atoms with E-state index < -0.39 is 84.6 Å². The normalized spacial score (nSPS) is 19.4. The first-order valence-electron chi connectivity index (χ1n) is 25.8. The maximum absolute atomic E-state index is 12.8. The van der Waals surface area contributed by atoms with Gasteiger partial charge in [-0.25, -0.2) is 28.6 Å². The van der Waals surface area contributed by atoms with Gasteiger partial charge in [0.05, 0.1) is 26.0 Å². The number of allylic oxidation sites excluding steroid dienone is 10. The summed E-state index contributed by atoms with van der Waals surface area (Å²) in [7, 11) is -16.5. The van der Waals surface area contributed by atoms with Crippen LogP contribution in [0.1, 0.15) is 130 Å². The monoisotopic (exact) mass is 1180 g/mol. The van der Waals surface area contributed by atoms with Crippen LogP contribution in [0, 0.1) is 5.41 Å². The number of hydrogen-bond donors (Lipinski definition) is 9. The minimum atomic E-state index is -5.60. The van der Waals surface area contributed by atoms with Crippen molar-refractivity contribution in [2.75, 3.05) is 37.8 Å². The van der Waals surface area contributed by atoms with Crippen LogP contribution in [-0.4, -0.2) is 128 Å². The molecule has 0 aliphatic carbocycles. The van der Waals surface area contributed by atoms with E-state index in [1.54, 1.807) is 0 Å². The van der Waals surface area contributed by atoms with Crippen LogP contribution < -0.4 is 16.4 Å². The third kappa shape index (κ3) is 27.4. The number of Topliss-reactive ketones (excluding diaryl/α,β-unsaturated/α-hetero) is 1. The molecule has 0 aromatic carbocycles. The molecule has 3 rings (SSSR count). The number of unbranched alkanes of at least 4 members (excludes halogenated alkanes) is 7. The number of nitrogens with two attached hydrogens (primary N) is 1. The second-order valence-corrected chi connectivity index (χ2v) is 24.1. The Morgan fingerprint density at radius 3 is 2.03 bits per heavy atom. The van der Waals surface area contributed by atoms with E-state index >= 15 is 0 Å². The molecule has 0 saturated carbocycles. The quantitative estimate of drug-likeness (QED) is 0.0142. The summed E-state index contributed by atoms with van der Waals surface area (Å²) in [6.07, 6.45) is 28.4. The van der Waals surface area contributed by atoms with Crippen LogP contribution in [0.15, 0.2) is 73.4 Å². The Morgan fingerprint density at radius 1 is 0.808 bits per heavy atom. The van der Waals surface area contributed by atoms with E-state index in [1.807, 2.05) is 0 Å². The number of aromatic nitrogens is 4. The van der Waals surface area contributed by atoms with E-state index in [2.05, 4.69) is 102 Å². The molecular weight excluding hydrogens is 1100 g/mol. The topological polar surface area (TPSA) is 381 Å². The molecule has 0 bridgehead atoms. The predicted molar refractivity (Wildman–Crippen MR) is 293 cm³/mol. The molecule has 3 heterocycles. The molecule has 1 aliphatic heterocycles. The molecule has 2 aromatic heterocycles. The lowest BCUT2D eigenvalue weighted by molar-refractivity contribution is -0.137. The smallest absolute Gasteiger partial charge is 0.386 e. The Hall–Kier alpha value is -4.07. The van der Waals surface area contributed by atoms with Crippen molar-refractivity contribution in [3.8, 4) is 0 Å². The Labute approximate surface area is 459 Å². The number of aliphatic hydroxyl groups is 2. The highest BCUT2D eigenvalue weighted by Gasteiger charge is 2.50. The number of fused-ring (bicyclic) bond motifs is 1. The van der Waals surface area contributed by atoms with E-state index in [-0.39, 0.29) is 59.6 Å². The summed E-state index contributed by atoms with van der Waals surface area (Å²) in [6.45, 7) is 2.45. The number of ether oxygens (including phenoxy) is 1. The van der Waals surface area contributed by atoms with Gasteiger partial charge >= 0.3 is 23.5 Å². The molecule has 25 nitrogen and oxygen atoms in total. The van der Waals surface area contributed by atoms with Gasteiger partial charge in [0.15, 0.2) is 22.8 Å². The summed E-state index contributed by atoms with van der Waals surface area (Å²) in [4.78, 5) is 101. The molecule has 2 amide bonds. The molecule has 1 saturated heterocycles. The Bertz CT molecular complexity index is 2500. The maximum atomic E-state index is 12.8. The van der Waals surface area contributed by atoms with Crippen molar-refractivity contribution in [1.29, 1.82) is 0 Å². The first kappa shape index (κ1) is 68.2. The number of amides is 2. The summed E-state index contributed by atoms with van der Waals surface area (Å²) in [6, 6.07) is 0. The van der Waals surface area contributed by atoms with Gasteiger partial charge in [-0.3, -0.25) is 37.3 Å². The maximum Gasteiger partial charge on any atom is 0.481 e. The van der Waals surface area contributed by atoms with Crippen molar-refractivity contribution >= 4 is 74.9 Å². The van der Waals surface area contributed by atoms with E-state index in [0.29, 0.717) is 6.42 Å². The van der Waals surface area contributed by atoms with Crippen molar-refractivity contribution in [2.45, 2.75) is 154 Å². The second kappa shape index (κ2) is 35.6. The number of nitrogens with zero attached hydrogens (tertiary/aromatic N) is 4. The van der Waals surface area contributed by atoms with Gasteiger partial charge in [-0.15, -0.1) is 0 Å². The fourth-order valence-corrected chi connectivity index (χ4v) is 11.0. The molecule has 78 heavy (non-hydrogen) atoms. The number of aliphatic hydroxyl groups excluding tert-OH is 2. The van der Waals surface area contributed by atoms with Crippen LogP contribution in [0.25, 0.3) is 11.2 Å². The van der Waals surface area contributed by atoms with Crippen LogP contribution in [-0.2, 0) is 55.5 Å². The van der Waals surface area contributed by atoms with Crippen LogP contribution in [0.3, 0.4) is 0 Å². The summed E-state index contributed by atoms with van der Waals surface area (Å²) in [5.41, 5.74) is 4.24. The molecule has 7 atom stereocenters. The van der Waals surface area contributed by atoms with Crippen LogP contribution >= 0.6 is 35.2 Å². The van der Waals surface area contributed by atoms with Gasteiger partial charge in [0.25, 0.3) is 0 Å². The highest BCUT2D eigenvalue weighted by Crippen LogP contribution is 2.61. The van der Waals surface area contributed by atoms with E-state index in [0.717, 1.165) is 106 Å². The van der Waals surface area contributed by atoms with Crippen LogP contribution in [0.2, 0.25) is 0 Å². The van der Waals surface area contributed by atoms with E-state index in [4.69, 9.17) is 19.5 Å². The lowest BCUT2D eigenvalue weighted by Gasteiger charge is -2.30. The SMILES string of the molecule is CC/C=C\C/C=C\C/C=C\C/C=C\C/C=C\CCCCCCCCCC(=O)CC(=O)SCCNC(=O)CCNC(=O)[C@H](O)C(C)(C)COP(=O)(O)OP(=O)(O)OC[C@H]1O[C@@H](n2cnc3c(N)ncnc32)[C@H](O)[C@@H]1OP(=O)(O)O. The van der Waals surface area contributed by atoms with Gasteiger partial charge in [0.2, 0.25) is 11.8 Å². The average Bonchev–Trinajstić information content (AvgIpc) is 4.01. The Kier molecular flexibility index (Phi) is 31.1. The predicted octanol–water partition coefficient (Wildman–Crippen LogP) is 6.89. The van der Waals surface area contributed by atoms with Crippen molar-refractivity contribution in [3.63, 3.8) is 0 Å². The number of hydrogen-bond acceptors (Lipinski definition) is 19. The molecule has 1 aliphatic rings. The summed E-state index contributed by atoms with van der Waals surface area (Å²) in [5.74, 6) is -1.43. The van der Waals surface area contributed by atoms with Gasteiger partial charge in [-0.05, 0) is 51.4 Å². The van der Waals surface area contributed by atoms with Crippen molar-refractivity contribution in [3.05, 3.63) is 73.4 Å². The summed E-state index contributed by atoms with van der Waals surface area (Å²) < 4.78 is 62.5. The number of nitrogens with one attached hydrogen (secondary N) is 2. The third-order valence-electron chi connectivity index (χ3n) is 11.6. The summed E-state index contributed by atoms with van der Waals surface area (Å²) >= 11 is 0.933. The Balaban J connectivity index is 1.22. The molecule has 0 radical (unpaired) electrons. The lowest BCUT2D eigenvalue weighted by atomic mass is 9.87. The standard InChI is InChI=1S/C49H78N7O18P3S/c1-4-5-6-7-8-9-10-11-12-13-14-15-16-17-18-19-20-21-22-23-24-25-26-27-37(57)32-40(59)78-31-30-51-39(58)28-29-52-47(62)44(61)49(2,3)34-71-77(68,69)74-76(66,67)70-33-38-43(73-75(63,64)65)42(60)48(72-38)56-36-55-41-45(50)53-35-54-46(41)56/h5-6,8-9,11-12,14-15,17-18,35-36,38,42-44,48,60-61H,4,7,10,13,16,19-34H2,1-3H3,(H,51,58)(H,52,62)(H,66,67)(H,68,69)(H2,50,53,54)(H2,63,64,65)/b6-5-,9-8-,12-11-,15-14-,18-17-/t38-,42-,43-,44+,48-/m1/s1. The lowest BCUT2D eigenvalue weighted by Crippen LogP contribution is -2.46. The fourth-order valence-electron chi connectivity index (χ4n) is 7.43. The number of phosphoric acid groups is 3. The molecule has 29 heteroatoms. The van der Waals surface area contributed by atoms with E-state index in [1.165, 1.54) is 20.3 Å². The molecule has 438 valence electrons. The van der Waals surface area contributed by atoms with E-state index in [9.17, 15) is 62.7 Å². The first-order chi connectivity index (χ1) is 36.9. The highest BCUT2D eigenvalue weighted by molar-refractivity contribution is 8.13. The Morgan fingerprint density at radius 2 is 1.40 bits per heavy atom. The van der Waals surface area contributed by atoms with Crippen molar-refractivity contribution in [2.24, 2.45) is 5.41 Å². The zero-order chi connectivity index (χ0) is 57.6. The van der Waals surface area contributed by atoms with Gasteiger partial charge < -0.3 is 50.9 Å². The second-order valence-electron chi connectivity index (χ2n) is 18.7. The van der Waals surface area contributed by atoms with Crippen molar-refractivity contribution < 1.29 is 85.3 Å². The molecule has 10 N–H and O–H groups in total. The van der Waals surface area contributed by atoms with Crippen molar-refractivity contribution in [1.82, 2.24) is 30.2 Å². The number of ketones is 1. The number of imidazole rings is 1. The largest absolute Gasteiger partial charge is 0.481 e. The molecule has 2 aromatic rings. The summed E-state index contributed by atoms with van der Waals surface area (Å²) in [5, 5.41) is 26.3. The fraction of sp³-hybridized carbons (Fsp3) is 0.612. The molecular formula is C49H78N7O18P3S. The third-order valence-corrected chi connectivity index (χ3v) is 15.6. The van der Waals surface area contributed by atoms with Gasteiger partial charge in [0.1, 0.15) is 42.0 Å². The minimum Gasteiger partial charge on any atom is -0.386 e. The van der Waals surface area contributed by atoms with Crippen LogP contribution in [0.4, 0.5) is 5.82 Å². The minimum absolute atomic E-state index is 0.0245. The number of phosphoric ester groups is 3. The zero-order valence-corrected chi connectivity index (χ0v) is 47.9. The molecule has 1 fully saturated rings. The van der Waals surface area contributed by atoms with Crippen LogP contribution in [0.5, 0.6) is 0 Å². The van der Waals surface area contributed by atoms with Gasteiger partial charge in [0, 0.05) is 37.1 Å². The zero-order valence-electron chi connectivity index (χ0n) is 44.4. The highest BCUT2D eigenvalue weighted by atomic mass is 32.2. The number of anilines is 1. The van der Waals surface area contributed by atoms with Gasteiger partial charge in [-0.2, -0.15) is 4.31 Å². The number of thioether (sulfide) groups is 1. The first-order valence-corrected chi connectivity index (χ1v) is 31.3. The average molecular weight is 1180 g/mol. The van der Waals surface area contributed by atoms with Gasteiger partial charge in [-0.1, -0.05) is 125 Å². The number of nitrogen functional groups attached to an aromatic ring is 1.